The number of rotatable bonds is 6. The van der Waals surface area contributed by atoms with Gasteiger partial charge in [0.2, 0.25) is 0 Å². The van der Waals surface area contributed by atoms with Crippen LogP contribution in [0.1, 0.15) is 49.1 Å². The second-order valence-electron chi connectivity index (χ2n) is 6.37. The first-order valence-electron chi connectivity index (χ1n) is 8.38. The summed E-state index contributed by atoms with van der Waals surface area (Å²) >= 11 is 0. The van der Waals surface area contributed by atoms with Gasteiger partial charge >= 0.3 is 0 Å². The quantitative estimate of drug-likeness (QED) is 0.884. The van der Waals surface area contributed by atoms with Gasteiger partial charge < -0.3 is 5.32 Å². The smallest absolute Gasteiger partial charge is 0.121 e. The van der Waals surface area contributed by atoms with Gasteiger partial charge in [-0.1, -0.05) is 59.9 Å². The minimum absolute atomic E-state index is 0.499. The van der Waals surface area contributed by atoms with Gasteiger partial charge in [0.05, 0.1) is 0 Å². The Balaban J connectivity index is 1.66. The molecule has 1 fully saturated rings. The third-order valence-electron chi connectivity index (χ3n) is 4.80. The van der Waals surface area contributed by atoms with Crippen molar-refractivity contribution in [2.75, 3.05) is 0 Å². The minimum Gasteiger partial charge on any atom is -0.308 e. The second-order valence-corrected chi connectivity index (χ2v) is 6.37. The Morgan fingerprint density at radius 3 is 2.59 bits per heavy atom. The average Bonchev–Trinajstić information content (AvgIpc) is 2.98. The zero-order valence-electron chi connectivity index (χ0n) is 13.3. The van der Waals surface area contributed by atoms with Crippen LogP contribution in [0.4, 0.5) is 0 Å². The molecule has 0 aliphatic heterocycles. The topological polar surface area (TPSA) is 51.0 Å². The number of aryl methyl sites for hydroxylation is 1. The Bertz CT molecular complexity index is 561. The molecule has 1 aromatic carbocycles. The maximum atomic E-state index is 4.80. The molecule has 1 saturated carbocycles. The summed E-state index contributed by atoms with van der Waals surface area (Å²) in [5, 5.41) is 11.6. The number of hydrogen-bond donors (Lipinski definition) is 1. The lowest BCUT2D eigenvalue weighted by atomic mass is 9.81. The Kier molecular flexibility index (Phi) is 5.22. The van der Waals surface area contributed by atoms with Crippen molar-refractivity contribution in [3.63, 3.8) is 0 Å². The molecule has 118 valence electrons. The third kappa shape index (κ3) is 3.95. The lowest BCUT2D eigenvalue weighted by Gasteiger charge is -2.31. The summed E-state index contributed by atoms with van der Waals surface area (Å²) in [6.45, 7) is 2.68. The molecule has 1 aliphatic rings. The van der Waals surface area contributed by atoms with Crippen LogP contribution in [0.2, 0.25) is 0 Å². The van der Waals surface area contributed by atoms with Crippen LogP contribution in [0.5, 0.6) is 0 Å². The fourth-order valence-electron chi connectivity index (χ4n) is 3.45. The third-order valence-corrected chi connectivity index (χ3v) is 4.80. The first-order chi connectivity index (χ1) is 10.8. The second kappa shape index (κ2) is 7.54. The van der Waals surface area contributed by atoms with Gasteiger partial charge in [-0.3, -0.25) is 0 Å². The Morgan fingerprint density at radius 2 is 1.91 bits per heavy atom. The van der Waals surface area contributed by atoms with Crippen molar-refractivity contribution in [2.45, 2.75) is 58.0 Å². The molecule has 2 aromatic rings. The molecule has 1 unspecified atom stereocenters. The van der Waals surface area contributed by atoms with E-state index >= 15 is 0 Å². The molecule has 0 bridgehead atoms. The van der Waals surface area contributed by atoms with Crippen LogP contribution in [0, 0.1) is 12.8 Å². The molecule has 1 N–H and O–H groups in total. The summed E-state index contributed by atoms with van der Waals surface area (Å²) in [5.74, 6) is 0.758. The van der Waals surface area contributed by atoms with E-state index in [9.17, 15) is 0 Å². The standard InChI is InChI=1S/C18H25N3O/c1-14-18(21-22-20-14)13-19-17(16-10-6-3-7-11-16)12-15-8-4-2-5-9-15/h2,4-5,8-9,16-17,19H,3,6-7,10-13H2,1H3. The molecule has 1 aliphatic carbocycles. The molecule has 0 spiro atoms. The maximum Gasteiger partial charge on any atom is 0.121 e. The number of nitrogens with one attached hydrogen (secondary N) is 1. The highest BCUT2D eigenvalue weighted by molar-refractivity contribution is 5.16. The lowest BCUT2D eigenvalue weighted by molar-refractivity contribution is 0.261. The molecule has 3 rings (SSSR count). The van der Waals surface area contributed by atoms with E-state index in [1.165, 1.54) is 37.7 Å². The molecule has 1 heterocycles. The van der Waals surface area contributed by atoms with Crippen molar-refractivity contribution < 1.29 is 4.63 Å². The Morgan fingerprint density at radius 1 is 1.14 bits per heavy atom. The molecular weight excluding hydrogens is 274 g/mol. The Hall–Kier alpha value is -1.68. The van der Waals surface area contributed by atoms with Gasteiger partial charge in [-0.25, -0.2) is 4.63 Å². The van der Waals surface area contributed by atoms with E-state index in [0.29, 0.717) is 6.04 Å². The van der Waals surface area contributed by atoms with Crippen LogP contribution in [0.25, 0.3) is 0 Å². The van der Waals surface area contributed by atoms with Gasteiger partial charge in [-0.15, -0.1) is 0 Å². The van der Waals surface area contributed by atoms with Gasteiger partial charge in [0.1, 0.15) is 11.4 Å². The average molecular weight is 299 g/mol. The van der Waals surface area contributed by atoms with Gasteiger partial charge in [-0.05, 0) is 37.7 Å². The van der Waals surface area contributed by atoms with Gasteiger partial charge in [-0.2, -0.15) is 0 Å². The maximum absolute atomic E-state index is 4.80. The summed E-state index contributed by atoms with van der Waals surface area (Å²) in [6, 6.07) is 11.3. The number of aromatic nitrogens is 2. The van der Waals surface area contributed by atoms with Crippen molar-refractivity contribution in [3.8, 4) is 0 Å². The first kappa shape index (κ1) is 15.2. The highest BCUT2D eigenvalue weighted by atomic mass is 16.6. The zero-order valence-corrected chi connectivity index (χ0v) is 13.3. The molecule has 22 heavy (non-hydrogen) atoms. The summed E-state index contributed by atoms with van der Waals surface area (Å²) in [5.41, 5.74) is 3.21. The molecular formula is C18H25N3O. The van der Waals surface area contributed by atoms with Crippen LogP contribution in [0.15, 0.2) is 35.0 Å². The van der Waals surface area contributed by atoms with E-state index in [0.717, 1.165) is 30.3 Å². The van der Waals surface area contributed by atoms with E-state index in [1.807, 2.05) is 6.92 Å². The van der Waals surface area contributed by atoms with E-state index in [2.05, 4.69) is 46.0 Å². The van der Waals surface area contributed by atoms with Crippen LogP contribution < -0.4 is 5.32 Å². The predicted molar refractivity (Wildman–Crippen MR) is 86.4 cm³/mol. The monoisotopic (exact) mass is 299 g/mol. The van der Waals surface area contributed by atoms with E-state index in [-0.39, 0.29) is 0 Å². The van der Waals surface area contributed by atoms with Crippen molar-refractivity contribution in [2.24, 2.45) is 5.92 Å². The zero-order chi connectivity index (χ0) is 15.2. The molecule has 0 amide bonds. The molecule has 4 nitrogen and oxygen atoms in total. The number of hydrogen-bond acceptors (Lipinski definition) is 4. The van der Waals surface area contributed by atoms with Crippen LogP contribution in [-0.2, 0) is 13.0 Å². The number of nitrogens with zero attached hydrogens (tertiary/aromatic N) is 2. The predicted octanol–water partition coefficient (Wildman–Crippen LogP) is 3.66. The first-order valence-corrected chi connectivity index (χ1v) is 8.38. The molecule has 0 saturated heterocycles. The number of benzene rings is 1. The van der Waals surface area contributed by atoms with Crippen molar-refractivity contribution in [1.29, 1.82) is 0 Å². The van der Waals surface area contributed by atoms with E-state index in [4.69, 9.17) is 4.63 Å². The highest BCUT2D eigenvalue weighted by Crippen LogP contribution is 2.28. The van der Waals surface area contributed by atoms with Crippen LogP contribution >= 0.6 is 0 Å². The van der Waals surface area contributed by atoms with Crippen LogP contribution in [0.3, 0.4) is 0 Å². The van der Waals surface area contributed by atoms with E-state index < -0.39 is 0 Å². The fraction of sp³-hybridized carbons (Fsp3) is 0.556. The summed E-state index contributed by atoms with van der Waals surface area (Å²) in [7, 11) is 0. The van der Waals surface area contributed by atoms with E-state index in [1.54, 1.807) is 0 Å². The molecule has 4 heteroatoms. The normalized spacial score (nSPS) is 17.5. The summed E-state index contributed by atoms with van der Waals surface area (Å²) in [4.78, 5) is 0. The molecule has 1 atom stereocenters. The van der Waals surface area contributed by atoms with Gasteiger partial charge in [0.25, 0.3) is 0 Å². The van der Waals surface area contributed by atoms with Crippen molar-refractivity contribution in [1.82, 2.24) is 15.6 Å². The summed E-state index contributed by atoms with van der Waals surface area (Å²) < 4.78 is 4.80. The Labute approximate surface area is 132 Å². The largest absolute Gasteiger partial charge is 0.308 e. The highest BCUT2D eigenvalue weighted by Gasteiger charge is 2.24. The van der Waals surface area contributed by atoms with Crippen molar-refractivity contribution in [3.05, 3.63) is 47.3 Å². The minimum atomic E-state index is 0.499. The molecule has 1 aromatic heterocycles. The summed E-state index contributed by atoms with van der Waals surface area (Å²) in [6.07, 6.45) is 7.86. The van der Waals surface area contributed by atoms with Gasteiger partial charge in [0.15, 0.2) is 0 Å². The SMILES string of the molecule is Cc1nonc1CNC(Cc1ccccc1)C1CCCCC1. The van der Waals surface area contributed by atoms with Gasteiger partial charge in [0, 0.05) is 12.6 Å². The molecule has 0 radical (unpaired) electrons. The lowest BCUT2D eigenvalue weighted by Crippen LogP contribution is -2.39. The fourth-order valence-corrected chi connectivity index (χ4v) is 3.45. The van der Waals surface area contributed by atoms with Crippen LogP contribution in [-0.4, -0.2) is 16.4 Å². The van der Waals surface area contributed by atoms with Crippen molar-refractivity contribution >= 4 is 0 Å².